The monoisotopic (exact) mass is 490 g/mol. The molecule has 0 aliphatic carbocycles. The first-order valence-corrected chi connectivity index (χ1v) is 12.9. The maximum atomic E-state index is 13.3. The summed E-state index contributed by atoms with van der Waals surface area (Å²) in [6, 6.07) is 13.1. The molecule has 2 aromatic heterocycles. The Kier molecular flexibility index (Phi) is 7.18. The van der Waals surface area contributed by atoms with Crippen molar-refractivity contribution in [2.24, 2.45) is 5.92 Å². The fourth-order valence-electron chi connectivity index (χ4n) is 5.54. The van der Waals surface area contributed by atoms with E-state index in [1.54, 1.807) is 31.2 Å². The maximum absolute atomic E-state index is 13.3. The van der Waals surface area contributed by atoms with E-state index in [0.717, 1.165) is 51.4 Å². The number of likely N-dealkylation sites (tertiary alicyclic amines) is 1. The van der Waals surface area contributed by atoms with Gasteiger partial charge in [0.15, 0.2) is 0 Å². The second-order valence-corrected chi connectivity index (χ2v) is 9.76. The summed E-state index contributed by atoms with van der Waals surface area (Å²) in [4.78, 5) is 50.3. The molecule has 1 aromatic carbocycles. The van der Waals surface area contributed by atoms with Crippen LogP contribution in [0.2, 0.25) is 0 Å². The zero-order chi connectivity index (χ0) is 25.1. The first-order valence-electron chi connectivity index (χ1n) is 12.9. The summed E-state index contributed by atoms with van der Waals surface area (Å²) in [6.45, 7) is 8.28. The lowest BCUT2D eigenvalue weighted by molar-refractivity contribution is -0.133. The Labute approximate surface area is 210 Å². The second-order valence-electron chi connectivity index (χ2n) is 9.76. The number of rotatable bonds is 6. The summed E-state index contributed by atoms with van der Waals surface area (Å²) in [5.41, 5.74) is -0.207. The lowest BCUT2D eigenvalue weighted by Crippen LogP contribution is -2.51. The van der Waals surface area contributed by atoms with E-state index in [9.17, 15) is 14.4 Å². The molecule has 9 nitrogen and oxygen atoms in total. The molecule has 1 atom stereocenters. The molecular weight excluding hydrogens is 456 g/mol. The van der Waals surface area contributed by atoms with Crippen LogP contribution < -0.4 is 16.1 Å². The predicted molar refractivity (Wildman–Crippen MR) is 140 cm³/mol. The van der Waals surface area contributed by atoms with E-state index < -0.39 is 5.69 Å². The van der Waals surface area contributed by atoms with Crippen molar-refractivity contribution in [2.75, 3.05) is 50.7 Å². The van der Waals surface area contributed by atoms with Crippen LogP contribution in [0.5, 0.6) is 0 Å². The zero-order valence-corrected chi connectivity index (χ0v) is 20.9. The summed E-state index contributed by atoms with van der Waals surface area (Å²) in [5.74, 6) is 1.39. The van der Waals surface area contributed by atoms with Crippen LogP contribution in [0.15, 0.2) is 58.3 Å². The topological polar surface area (TPSA) is 83.7 Å². The molecule has 1 amide bonds. The highest BCUT2D eigenvalue weighted by Gasteiger charge is 2.27. The number of nitrogens with zero attached hydrogens (tertiary/aromatic N) is 6. The van der Waals surface area contributed by atoms with Gasteiger partial charge in [-0.25, -0.2) is 9.78 Å². The molecule has 0 saturated carbocycles. The number of para-hydroxylation sites is 1. The number of pyridine rings is 1. The highest BCUT2D eigenvalue weighted by Crippen LogP contribution is 2.20. The van der Waals surface area contributed by atoms with E-state index in [4.69, 9.17) is 0 Å². The highest BCUT2D eigenvalue weighted by atomic mass is 16.2. The molecular formula is C27H34N6O3. The van der Waals surface area contributed by atoms with Crippen molar-refractivity contribution >= 4 is 22.6 Å². The molecule has 0 radical (unpaired) electrons. The van der Waals surface area contributed by atoms with Crippen molar-refractivity contribution in [3.63, 3.8) is 0 Å². The van der Waals surface area contributed by atoms with Gasteiger partial charge < -0.3 is 9.80 Å². The average molecular weight is 491 g/mol. The van der Waals surface area contributed by atoms with E-state index in [-0.39, 0.29) is 24.6 Å². The van der Waals surface area contributed by atoms with Crippen LogP contribution in [0.4, 0.5) is 5.82 Å². The van der Waals surface area contributed by atoms with Gasteiger partial charge in [-0.3, -0.25) is 23.6 Å². The number of hydrogen-bond donors (Lipinski definition) is 0. The quantitative estimate of drug-likeness (QED) is 0.523. The highest BCUT2D eigenvalue weighted by molar-refractivity contribution is 5.81. The van der Waals surface area contributed by atoms with E-state index >= 15 is 0 Å². The van der Waals surface area contributed by atoms with Crippen molar-refractivity contribution in [1.82, 2.24) is 23.9 Å². The van der Waals surface area contributed by atoms with E-state index in [2.05, 4.69) is 20.9 Å². The van der Waals surface area contributed by atoms with Gasteiger partial charge in [0.05, 0.1) is 10.9 Å². The fourth-order valence-corrected chi connectivity index (χ4v) is 5.54. The van der Waals surface area contributed by atoms with Crippen LogP contribution in [-0.4, -0.2) is 75.6 Å². The minimum absolute atomic E-state index is 0.0465. The number of fused-ring (bicyclic) bond motifs is 1. The van der Waals surface area contributed by atoms with Crippen LogP contribution >= 0.6 is 0 Å². The van der Waals surface area contributed by atoms with E-state index in [1.807, 2.05) is 23.2 Å². The van der Waals surface area contributed by atoms with Crippen molar-refractivity contribution in [1.29, 1.82) is 0 Å². The smallest absolute Gasteiger partial charge is 0.331 e. The molecule has 2 aliphatic heterocycles. The van der Waals surface area contributed by atoms with Crippen molar-refractivity contribution < 1.29 is 4.79 Å². The number of carbonyl (C=O) groups excluding carboxylic acids is 1. The van der Waals surface area contributed by atoms with E-state index in [1.165, 1.54) is 9.13 Å². The Hall–Kier alpha value is -3.46. The molecule has 3 aromatic rings. The van der Waals surface area contributed by atoms with Crippen LogP contribution in [-0.2, 0) is 17.9 Å². The minimum Gasteiger partial charge on any atom is -0.354 e. The summed E-state index contributed by atoms with van der Waals surface area (Å²) < 4.78 is 2.67. The molecule has 36 heavy (non-hydrogen) atoms. The molecule has 2 fully saturated rings. The SMILES string of the molecule is CCn1c(=O)c2ccccc2n(CC(=O)N2CCCC(CN3CCN(c4ccccn4)CC3)C2)c1=O. The zero-order valence-electron chi connectivity index (χ0n) is 20.9. The van der Waals surface area contributed by atoms with E-state index in [0.29, 0.717) is 29.9 Å². The van der Waals surface area contributed by atoms with Gasteiger partial charge in [0.25, 0.3) is 5.56 Å². The molecule has 190 valence electrons. The predicted octanol–water partition coefficient (Wildman–Crippen LogP) is 1.64. The van der Waals surface area contributed by atoms with Crippen LogP contribution in [0.3, 0.4) is 0 Å². The molecule has 5 rings (SSSR count). The summed E-state index contributed by atoms with van der Waals surface area (Å²) in [5, 5.41) is 0.466. The van der Waals surface area contributed by atoms with Gasteiger partial charge in [-0.05, 0) is 49.9 Å². The molecule has 2 aliphatic rings. The fraction of sp³-hybridized carbons (Fsp3) is 0.481. The maximum Gasteiger partial charge on any atom is 0.331 e. The number of piperidine rings is 1. The summed E-state index contributed by atoms with van der Waals surface area (Å²) in [6.07, 6.45) is 3.91. The van der Waals surface area contributed by atoms with Crippen LogP contribution in [0, 0.1) is 5.92 Å². The van der Waals surface area contributed by atoms with Gasteiger partial charge in [0.2, 0.25) is 5.91 Å². The summed E-state index contributed by atoms with van der Waals surface area (Å²) in [7, 11) is 0. The summed E-state index contributed by atoms with van der Waals surface area (Å²) >= 11 is 0. The van der Waals surface area contributed by atoms with Gasteiger partial charge in [0, 0.05) is 58.6 Å². The third-order valence-corrected chi connectivity index (χ3v) is 7.48. The Morgan fingerprint density at radius 1 is 0.972 bits per heavy atom. The number of hydrogen-bond acceptors (Lipinski definition) is 6. The molecule has 1 unspecified atom stereocenters. The standard InChI is InChI=1S/C27H34N6O3/c1-2-32-26(35)22-9-3-4-10-23(22)33(27(32)36)20-25(34)31-13-7-8-21(19-31)18-29-14-16-30(17-15-29)24-11-5-6-12-28-24/h3-6,9-12,21H,2,7-8,13-20H2,1H3. The Morgan fingerprint density at radius 2 is 1.75 bits per heavy atom. The Bertz CT molecular complexity index is 1330. The van der Waals surface area contributed by atoms with Crippen molar-refractivity contribution in [3.8, 4) is 0 Å². The minimum atomic E-state index is -0.422. The third-order valence-electron chi connectivity index (χ3n) is 7.48. The lowest BCUT2D eigenvalue weighted by Gasteiger charge is -2.39. The third kappa shape index (κ3) is 4.93. The van der Waals surface area contributed by atoms with Gasteiger partial charge in [-0.2, -0.15) is 0 Å². The number of anilines is 1. The number of piperazine rings is 1. The van der Waals surface area contributed by atoms with Crippen molar-refractivity contribution in [3.05, 3.63) is 69.5 Å². The van der Waals surface area contributed by atoms with Crippen molar-refractivity contribution in [2.45, 2.75) is 32.9 Å². The Balaban J connectivity index is 1.23. The number of aromatic nitrogens is 3. The molecule has 4 heterocycles. The Morgan fingerprint density at radius 3 is 2.50 bits per heavy atom. The number of benzene rings is 1. The largest absolute Gasteiger partial charge is 0.354 e. The number of carbonyl (C=O) groups is 1. The van der Waals surface area contributed by atoms with Gasteiger partial charge in [-0.15, -0.1) is 0 Å². The first-order chi connectivity index (χ1) is 17.5. The molecule has 0 N–H and O–H groups in total. The van der Waals surface area contributed by atoms with Gasteiger partial charge >= 0.3 is 5.69 Å². The molecule has 2 saturated heterocycles. The van der Waals surface area contributed by atoms with Gasteiger partial charge in [-0.1, -0.05) is 18.2 Å². The second kappa shape index (κ2) is 10.7. The van der Waals surface area contributed by atoms with Gasteiger partial charge in [0.1, 0.15) is 12.4 Å². The molecule has 0 bridgehead atoms. The average Bonchev–Trinajstić information content (AvgIpc) is 2.92. The van der Waals surface area contributed by atoms with Crippen LogP contribution in [0.1, 0.15) is 19.8 Å². The molecule has 0 spiro atoms. The van der Waals surface area contributed by atoms with Crippen LogP contribution in [0.25, 0.3) is 10.9 Å². The molecule has 9 heteroatoms. The lowest BCUT2D eigenvalue weighted by atomic mass is 9.97. The normalized spacial score (nSPS) is 19.1. The first kappa shape index (κ1) is 24.2. The number of amides is 1.